The first-order chi connectivity index (χ1) is 15.9. The maximum absolute atomic E-state index is 14.8. The minimum Gasteiger partial charge on any atom is -0.376 e. The van der Waals surface area contributed by atoms with Crippen molar-refractivity contribution >= 4 is 21.9 Å². The highest BCUT2D eigenvalue weighted by Crippen LogP contribution is 2.92. The van der Waals surface area contributed by atoms with Crippen LogP contribution in [0.3, 0.4) is 0 Å². The summed E-state index contributed by atoms with van der Waals surface area (Å²) >= 11 is 1.98. The number of hydrogen-bond donors (Lipinski definition) is 0. The SMILES string of the molecule is O=C(CBr)OC(F)(F)OC(F)(F)C12C(F)(F)C3(F)C(F)(F)C(F)(C(F)(F)C(F)(C3(F)F)C1(F)F)C2(F)F. The van der Waals surface area contributed by atoms with Gasteiger partial charge >= 0.3 is 70.9 Å². The molecule has 4 saturated carbocycles. The summed E-state index contributed by atoms with van der Waals surface area (Å²) in [5, 5.41) is -1.50. The molecule has 0 atom stereocenters. The van der Waals surface area contributed by atoms with E-state index in [1.165, 1.54) is 0 Å². The summed E-state index contributed by atoms with van der Waals surface area (Å²) in [4.78, 5) is 10.8. The third-order valence-corrected chi connectivity index (χ3v) is 6.79. The smallest absolute Gasteiger partial charge is 0.376 e. The normalized spacial score (nSPS) is 41.9. The van der Waals surface area contributed by atoms with Crippen molar-refractivity contribution < 1.29 is 97.7 Å². The van der Waals surface area contributed by atoms with Gasteiger partial charge in [0.15, 0.2) is 0 Å². The first-order valence-corrected chi connectivity index (χ1v) is 9.60. The van der Waals surface area contributed by atoms with Crippen LogP contribution in [0.1, 0.15) is 0 Å². The van der Waals surface area contributed by atoms with Crippen molar-refractivity contribution in [2.75, 3.05) is 5.33 Å². The van der Waals surface area contributed by atoms with E-state index in [2.05, 4.69) is 4.74 Å². The minimum absolute atomic E-state index is 1.50. The van der Waals surface area contributed by atoms with Gasteiger partial charge in [0.25, 0.3) is 5.41 Å². The predicted molar refractivity (Wildman–Crippen MR) is 74.5 cm³/mol. The second kappa shape index (κ2) is 6.65. The lowest BCUT2D eigenvalue weighted by atomic mass is 9.36. The van der Waals surface area contributed by atoms with Gasteiger partial charge in [0, 0.05) is 0 Å². The number of esters is 1. The van der Waals surface area contributed by atoms with E-state index >= 15 is 0 Å². The highest BCUT2D eigenvalue weighted by molar-refractivity contribution is 9.09. The van der Waals surface area contributed by atoms with E-state index in [-0.39, 0.29) is 0 Å². The molecule has 0 radical (unpaired) electrons. The minimum atomic E-state index is -8.71. The van der Waals surface area contributed by atoms with Gasteiger partial charge in [-0.25, -0.2) is 44.3 Å². The van der Waals surface area contributed by atoms with E-state index in [9.17, 15) is 88.2 Å². The zero-order valence-electron chi connectivity index (χ0n) is 16.0. The van der Waals surface area contributed by atoms with Crippen LogP contribution in [0.4, 0.5) is 83.4 Å². The van der Waals surface area contributed by atoms with Gasteiger partial charge in [-0.15, -0.1) is 8.78 Å². The molecule has 0 N–H and O–H groups in total. The van der Waals surface area contributed by atoms with Crippen molar-refractivity contribution in [2.45, 2.75) is 64.9 Å². The molecule has 0 aromatic heterocycles. The van der Waals surface area contributed by atoms with Gasteiger partial charge in [0.1, 0.15) is 5.33 Å². The molecule has 4 bridgehead atoms. The van der Waals surface area contributed by atoms with E-state index < -0.39 is 81.7 Å². The number of hydrogen-bond acceptors (Lipinski definition) is 3. The summed E-state index contributed by atoms with van der Waals surface area (Å²) in [5.74, 6) is -53.9. The Labute approximate surface area is 196 Å². The molecule has 0 aliphatic heterocycles. The summed E-state index contributed by atoms with van der Waals surface area (Å²) in [5.41, 5.74) is -34.0. The van der Waals surface area contributed by atoms with E-state index in [0.29, 0.717) is 0 Å². The van der Waals surface area contributed by atoms with Crippen LogP contribution in [-0.2, 0) is 14.3 Å². The van der Waals surface area contributed by atoms with E-state index in [4.69, 9.17) is 0 Å². The largest absolute Gasteiger partial charge is 0.542 e. The van der Waals surface area contributed by atoms with Crippen LogP contribution in [0.5, 0.6) is 0 Å². The Kier molecular flexibility index (Phi) is 5.41. The molecule has 0 spiro atoms. The molecule has 0 amide bonds. The van der Waals surface area contributed by atoms with Crippen LogP contribution in [0, 0.1) is 5.41 Å². The molecule has 4 fully saturated rings. The van der Waals surface area contributed by atoms with Crippen LogP contribution in [0.2, 0.25) is 0 Å². The molecule has 0 saturated heterocycles. The molecule has 3 nitrogen and oxygen atoms in total. The molecule has 37 heavy (non-hydrogen) atoms. The van der Waals surface area contributed by atoms with Gasteiger partial charge in [0.05, 0.1) is 0 Å². The van der Waals surface area contributed by atoms with Crippen molar-refractivity contribution in [1.29, 1.82) is 0 Å². The molecule has 4 aliphatic rings. The first kappa shape index (κ1) is 30.1. The fourth-order valence-corrected chi connectivity index (χ4v) is 4.92. The first-order valence-electron chi connectivity index (χ1n) is 8.48. The third-order valence-electron chi connectivity index (χ3n) is 6.33. The molecule has 216 valence electrons. The van der Waals surface area contributed by atoms with Gasteiger partial charge in [-0.2, -0.15) is 35.1 Å². The Bertz CT molecular complexity index is 926. The van der Waals surface area contributed by atoms with Crippen molar-refractivity contribution in [3.8, 4) is 0 Å². The monoisotopic (exact) mass is 658 g/mol. The lowest BCUT2D eigenvalue weighted by Crippen LogP contribution is -3.09. The average Bonchev–Trinajstić information content (AvgIpc) is 2.66. The van der Waals surface area contributed by atoms with Crippen molar-refractivity contribution in [3.05, 3.63) is 0 Å². The molecular formula is C14H2BrF19O3. The average molecular weight is 659 g/mol. The number of carbonyl (C=O) groups excluding carboxylic acids is 1. The van der Waals surface area contributed by atoms with E-state index in [1.54, 1.807) is 0 Å². The summed E-state index contributed by atoms with van der Waals surface area (Å²) in [6.45, 7) is 0. The number of rotatable bonds is 5. The molecule has 0 aromatic carbocycles. The Balaban J connectivity index is 2.59. The summed E-state index contributed by atoms with van der Waals surface area (Å²) in [7, 11) is 0. The second-order valence-electron chi connectivity index (χ2n) is 7.86. The molecule has 0 heterocycles. The number of ether oxygens (including phenoxy) is 2. The Hall–Kier alpha value is -1.42. The molecule has 4 rings (SSSR count). The maximum atomic E-state index is 14.8. The second-order valence-corrected chi connectivity index (χ2v) is 8.42. The highest BCUT2D eigenvalue weighted by atomic mass is 79.9. The van der Waals surface area contributed by atoms with Gasteiger partial charge in [0.2, 0.25) is 0 Å². The zero-order valence-corrected chi connectivity index (χ0v) is 17.6. The van der Waals surface area contributed by atoms with Crippen molar-refractivity contribution in [3.63, 3.8) is 0 Å². The van der Waals surface area contributed by atoms with Crippen molar-refractivity contribution in [2.24, 2.45) is 5.41 Å². The highest BCUT2D eigenvalue weighted by Gasteiger charge is 3.25. The van der Waals surface area contributed by atoms with E-state index in [0.717, 1.165) is 0 Å². The fourth-order valence-electron chi connectivity index (χ4n) is 4.81. The Morgan fingerprint density at radius 1 is 0.568 bits per heavy atom. The Morgan fingerprint density at radius 2 is 0.838 bits per heavy atom. The predicted octanol–water partition coefficient (Wildman–Crippen LogP) is 6.05. The van der Waals surface area contributed by atoms with Gasteiger partial charge in [-0.05, 0) is 0 Å². The molecule has 0 aromatic rings. The van der Waals surface area contributed by atoms with Gasteiger partial charge in [-0.3, -0.25) is 4.79 Å². The number of carbonyl (C=O) groups is 1. The molecular weight excluding hydrogens is 657 g/mol. The summed E-state index contributed by atoms with van der Waals surface area (Å²) in [6, 6.07) is 0. The molecule has 4 aliphatic carbocycles. The van der Waals surface area contributed by atoms with Gasteiger partial charge < -0.3 is 4.74 Å². The standard InChI is InChI=1S/C14H2BrF19O3/c15-1-2(35)36-14(33,34)37-13(31,32)3-7(19,20)4(16)10(25,26)5(17,8(3,21)22)12(29,30)6(18,9(3,23)24)11(4,27)28/h1H2. The van der Waals surface area contributed by atoms with Crippen LogP contribution in [-0.4, -0.2) is 76.2 Å². The van der Waals surface area contributed by atoms with Crippen LogP contribution in [0.25, 0.3) is 0 Å². The lowest BCUT2D eigenvalue weighted by Gasteiger charge is -2.75. The molecule has 0 unspecified atom stereocenters. The van der Waals surface area contributed by atoms with Gasteiger partial charge in [-0.1, -0.05) is 15.9 Å². The number of alkyl halides is 20. The fraction of sp³-hybridized carbons (Fsp3) is 0.929. The quantitative estimate of drug-likeness (QED) is 0.156. The zero-order chi connectivity index (χ0) is 29.7. The lowest BCUT2D eigenvalue weighted by molar-refractivity contribution is -0.649. The van der Waals surface area contributed by atoms with Crippen LogP contribution >= 0.6 is 15.9 Å². The topological polar surface area (TPSA) is 35.5 Å². The third kappa shape index (κ3) is 2.22. The Morgan fingerprint density at radius 3 is 1.08 bits per heavy atom. The summed E-state index contributed by atoms with van der Waals surface area (Å²) in [6.07, 6.45) is -15.1. The van der Waals surface area contributed by atoms with E-state index in [1.807, 2.05) is 20.7 Å². The van der Waals surface area contributed by atoms with Crippen LogP contribution < -0.4 is 0 Å². The van der Waals surface area contributed by atoms with Crippen LogP contribution in [0.15, 0.2) is 0 Å². The van der Waals surface area contributed by atoms with Crippen molar-refractivity contribution in [1.82, 2.24) is 0 Å². The summed E-state index contributed by atoms with van der Waals surface area (Å²) < 4.78 is 279. The maximum Gasteiger partial charge on any atom is 0.542 e. The molecule has 23 heteroatoms. The number of halogens is 20.